The fourth-order valence-electron chi connectivity index (χ4n) is 1.97. The molecule has 0 saturated carbocycles. The number of carbonyl (C=O) groups excluding carboxylic acids is 2. The van der Waals surface area contributed by atoms with Gasteiger partial charge in [-0.2, -0.15) is 0 Å². The van der Waals surface area contributed by atoms with E-state index in [9.17, 15) is 9.59 Å². The van der Waals surface area contributed by atoms with Crippen molar-refractivity contribution in [3.63, 3.8) is 0 Å². The first-order valence-electron chi connectivity index (χ1n) is 6.92. The molecule has 0 bridgehead atoms. The largest absolute Gasteiger partial charge is 0.342 e. The molecule has 0 atom stereocenters. The Labute approximate surface area is 142 Å². The number of thiophene rings is 1. The van der Waals surface area contributed by atoms with Gasteiger partial charge in [0, 0.05) is 15.0 Å². The van der Waals surface area contributed by atoms with Crippen LogP contribution in [0.1, 0.15) is 27.0 Å². The van der Waals surface area contributed by atoms with E-state index >= 15 is 0 Å². The number of carbonyl (C=O) groups is 2. The van der Waals surface area contributed by atoms with Crippen LogP contribution >= 0.6 is 27.3 Å². The highest BCUT2D eigenvalue weighted by Crippen LogP contribution is 2.21. The first kappa shape index (κ1) is 16.7. The van der Waals surface area contributed by atoms with Gasteiger partial charge in [-0.05, 0) is 49.2 Å². The summed E-state index contributed by atoms with van der Waals surface area (Å²) in [4.78, 5) is 25.7. The molecular formula is C16H17BrN2O2S. The molecule has 0 fully saturated rings. The third-order valence-corrected chi connectivity index (χ3v) is 4.78. The molecule has 116 valence electrons. The molecule has 0 aliphatic rings. The van der Waals surface area contributed by atoms with Crippen LogP contribution in [0.2, 0.25) is 0 Å². The Morgan fingerprint density at radius 2 is 1.91 bits per heavy atom. The van der Waals surface area contributed by atoms with Gasteiger partial charge in [0.25, 0.3) is 5.91 Å². The van der Waals surface area contributed by atoms with Crippen LogP contribution in [0.25, 0.3) is 0 Å². The van der Waals surface area contributed by atoms with Crippen molar-refractivity contribution in [2.75, 3.05) is 11.9 Å². The Balaban J connectivity index is 1.87. The number of halogens is 1. The molecule has 2 N–H and O–H groups in total. The monoisotopic (exact) mass is 380 g/mol. The summed E-state index contributed by atoms with van der Waals surface area (Å²) in [6, 6.07) is 9.16. The van der Waals surface area contributed by atoms with Crippen LogP contribution in [-0.2, 0) is 11.2 Å². The van der Waals surface area contributed by atoms with Crippen molar-refractivity contribution >= 4 is 44.8 Å². The van der Waals surface area contributed by atoms with E-state index in [-0.39, 0.29) is 18.4 Å². The van der Waals surface area contributed by atoms with Crippen molar-refractivity contribution < 1.29 is 9.59 Å². The van der Waals surface area contributed by atoms with Crippen LogP contribution in [-0.4, -0.2) is 18.4 Å². The fourth-order valence-corrected chi connectivity index (χ4v) is 3.26. The molecule has 22 heavy (non-hydrogen) atoms. The van der Waals surface area contributed by atoms with Gasteiger partial charge in [0.05, 0.1) is 11.4 Å². The smallest absolute Gasteiger partial charge is 0.261 e. The Morgan fingerprint density at radius 1 is 1.23 bits per heavy atom. The standard InChI is InChI=1S/C16H17BrN2O2S/c1-3-11-8-14(22-10(11)2)16(21)18-9-15(20)19-13-6-4-12(17)5-7-13/h4-8H,3,9H2,1-2H3,(H,18,21)(H,19,20). The van der Waals surface area contributed by atoms with Crippen LogP contribution < -0.4 is 10.6 Å². The maximum absolute atomic E-state index is 12.0. The highest BCUT2D eigenvalue weighted by molar-refractivity contribution is 9.10. The Morgan fingerprint density at radius 3 is 2.50 bits per heavy atom. The summed E-state index contributed by atoms with van der Waals surface area (Å²) < 4.78 is 0.943. The highest BCUT2D eigenvalue weighted by Gasteiger charge is 2.12. The van der Waals surface area contributed by atoms with E-state index in [4.69, 9.17) is 0 Å². The number of hydrogen-bond donors (Lipinski definition) is 2. The van der Waals surface area contributed by atoms with Gasteiger partial charge in [-0.3, -0.25) is 9.59 Å². The third kappa shape index (κ3) is 4.42. The van der Waals surface area contributed by atoms with E-state index in [0.717, 1.165) is 15.8 Å². The second-order valence-electron chi connectivity index (χ2n) is 4.78. The maximum atomic E-state index is 12.0. The highest BCUT2D eigenvalue weighted by atomic mass is 79.9. The lowest BCUT2D eigenvalue weighted by atomic mass is 10.2. The van der Waals surface area contributed by atoms with Crippen molar-refractivity contribution in [1.82, 2.24) is 5.32 Å². The second kappa shape index (κ2) is 7.56. The molecular weight excluding hydrogens is 364 g/mol. The summed E-state index contributed by atoms with van der Waals surface area (Å²) in [7, 11) is 0. The van der Waals surface area contributed by atoms with Crippen molar-refractivity contribution in [1.29, 1.82) is 0 Å². The molecule has 0 aliphatic carbocycles. The summed E-state index contributed by atoms with van der Waals surface area (Å²) in [5, 5.41) is 5.38. The van der Waals surface area contributed by atoms with Gasteiger partial charge in [-0.1, -0.05) is 22.9 Å². The Bertz CT molecular complexity index is 680. The Hall–Kier alpha value is -1.66. The predicted molar refractivity (Wildman–Crippen MR) is 93.5 cm³/mol. The number of nitrogens with one attached hydrogen (secondary N) is 2. The van der Waals surface area contributed by atoms with Gasteiger partial charge < -0.3 is 10.6 Å². The lowest BCUT2D eigenvalue weighted by molar-refractivity contribution is -0.115. The van der Waals surface area contributed by atoms with Crippen LogP contribution in [0.5, 0.6) is 0 Å². The SMILES string of the molecule is CCc1cc(C(=O)NCC(=O)Nc2ccc(Br)cc2)sc1C. The molecule has 2 amide bonds. The van der Waals surface area contributed by atoms with Crippen LogP contribution in [0.3, 0.4) is 0 Å². The van der Waals surface area contributed by atoms with Gasteiger partial charge in [-0.15, -0.1) is 11.3 Å². The van der Waals surface area contributed by atoms with E-state index < -0.39 is 0 Å². The minimum Gasteiger partial charge on any atom is -0.342 e. The average Bonchev–Trinajstić information content (AvgIpc) is 2.88. The number of amides is 2. The first-order chi connectivity index (χ1) is 10.5. The molecule has 2 aromatic rings. The molecule has 1 heterocycles. The first-order valence-corrected chi connectivity index (χ1v) is 8.53. The quantitative estimate of drug-likeness (QED) is 0.829. The van der Waals surface area contributed by atoms with Crippen molar-refractivity contribution in [3.8, 4) is 0 Å². The van der Waals surface area contributed by atoms with E-state index in [0.29, 0.717) is 10.6 Å². The molecule has 0 radical (unpaired) electrons. The van der Waals surface area contributed by atoms with E-state index in [1.54, 1.807) is 12.1 Å². The molecule has 1 aromatic heterocycles. The zero-order valence-corrected chi connectivity index (χ0v) is 14.8. The lowest BCUT2D eigenvalue weighted by Gasteiger charge is -2.06. The molecule has 2 rings (SSSR count). The summed E-state index contributed by atoms with van der Waals surface area (Å²) in [6.07, 6.45) is 0.902. The van der Waals surface area contributed by atoms with E-state index in [2.05, 4.69) is 33.5 Å². The third-order valence-electron chi connectivity index (χ3n) is 3.16. The minimum atomic E-state index is -0.250. The number of aryl methyl sites for hydroxylation is 2. The molecule has 0 saturated heterocycles. The number of hydrogen-bond acceptors (Lipinski definition) is 3. The predicted octanol–water partition coefficient (Wildman–Crippen LogP) is 3.75. The molecule has 0 spiro atoms. The van der Waals surface area contributed by atoms with Gasteiger partial charge in [0.15, 0.2) is 0 Å². The van der Waals surface area contributed by atoms with Crippen molar-refractivity contribution in [3.05, 3.63) is 50.1 Å². The molecule has 1 aromatic carbocycles. The molecule has 4 nitrogen and oxygen atoms in total. The van der Waals surface area contributed by atoms with Crippen molar-refractivity contribution in [2.24, 2.45) is 0 Å². The van der Waals surface area contributed by atoms with E-state index in [1.165, 1.54) is 16.9 Å². The van der Waals surface area contributed by atoms with Gasteiger partial charge >= 0.3 is 0 Å². The average molecular weight is 381 g/mol. The molecule has 0 unspecified atom stereocenters. The van der Waals surface area contributed by atoms with Crippen molar-refractivity contribution in [2.45, 2.75) is 20.3 Å². The van der Waals surface area contributed by atoms with Crippen LogP contribution in [0.4, 0.5) is 5.69 Å². The zero-order valence-electron chi connectivity index (χ0n) is 12.4. The lowest BCUT2D eigenvalue weighted by Crippen LogP contribution is -2.32. The van der Waals surface area contributed by atoms with Gasteiger partial charge in [-0.25, -0.2) is 0 Å². The molecule has 0 aliphatic heterocycles. The summed E-state index contributed by atoms with van der Waals surface area (Å²) in [6.45, 7) is 4.01. The number of rotatable bonds is 5. The summed E-state index contributed by atoms with van der Waals surface area (Å²) in [5.74, 6) is -0.460. The van der Waals surface area contributed by atoms with E-state index in [1.807, 2.05) is 25.1 Å². The second-order valence-corrected chi connectivity index (χ2v) is 6.96. The number of benzene rings is 1. The van der Waals surface area contributed by atoms with Crippen LogP contribution in [0.15, 0.2) is 34.8 Å². The molecule has 6 heteroatoms. The maximum Gasteiger partial charge on any atom is 0.261 e. The number of anilines is 1. The topological polar surface area (TPSA) is 58.2 Å². The summed E-state index contributed by atoms with van der Waals surface area (Å²) in [5.41, 5.74) is 1.87. The van der Waals surface area contributed by atoms with Crippen LogP contribution in [0, 0.1) is 6.92 Å². The fraction of sp³-hybridized carbons (Fsp3) is 0.250. The summed E-state index contributed by atoms with van der Waals surface area (Å²) >= 11 is 4.79. The van der Waals surface area contributed by atoms with Gasteiger partial charge in [0.1, 0.15) is 0 Å². The van der Waals surface area contributed by atoms with Gasteiger partial charge in [0.2, 0.25) is 5.91 Å². The minimum absolute atomic E-state index is 0.0483. The normalized spacial score (nSPS) is 10.3. The Kier molecular flexibility index (Phi) is 5.74. The zero-order chi connectivity index (χ0) is 16.1.